The minimum atomic E-state index is -0.819. The van der Waals surface area contributed by atoms with Gasteiger partial charge in [0.05, 0.1) is 12.5 Å². The van der Waals surface area contributed by atoms with Crippen molar-refractivity contribution in [1.29, 1.82) is 0 Å². The molecule has 1 aliphatic rings. The van der Waals surface area contributed by atoms with Crippen LogP contribution in [0.15, 0.2) is 24.3 Å². The molecule has 1 unspecified atom stereocenters. The topological polar surface area (TPSA) is 66.8 Å². The summed E-state index contributed by atoms with van der Waals surface area (Å²) in [6, 6.07) is 7.65. The normalized spacial score (nSPS) is 21.5. The second-order valence-electron chi connectivity index (χ2n) is 6.13. The van der Waals surface area contributed by atoms with E-state index in [0.717, 1.165) is 17.7 Å². The summed E-state index contributed by atoms with van der Waals surface area (Å²) in [5.74, 6) is 0.00600. The summed E-state index contributed by atoms with van der Waals surface area (Å²) in [5.41, 5.74) is 0.265. The maximum absolute atomic E-state index is 12.3. The van der Waals surface area contributed by atoms with Gasteiger partial charge in [0.2, 0.25) is 5.91 Å². The number of rotatable bonds is 5. The number of carbonyl (C=O) groups excluding carboxylic acids is 1. The van der Waals surface area contributed by atoms with Gasteiger partial charge in [0.1, 0.15) is 5.75 Å². The summed E-state index contributed by atoms with van der Waals surface area (Å²) in [4.78, 5) is 25.3. The molecule has 1 aromatic rings. The Morgan fingerprint density at radius 3 is 2.59 bits per heavy atom. The minimum Gasteiger partial charge on any atom is -0.497 e. The maximum atomic E-state index is 12.3. The van der Waals surface area contributed by atoms with Crippen LogP contribution >= 0.6 is 0 Å². The van der Waals surface area contributed by atoms with Crippen molar-refractivity contribution < 1.29 is 19.4 Å². The molecule has 120 valence electrons. The molecule has 0 aliphatic carbocycles. The van der Waals surface area contributed by atoms with E-state index in [1.165, 1.54) is 0 Å². The van der Waals surface area contributed by atoms with E-state index in [1.54, 1.807) is 18.9 Å². The third kappa shape index (κ3) is 3.78. The quantitative estimate of drug-likeness (QED) is 0.906. The SMILES string of the molecule is COc1ccc(CCC(=O)N2CCCC(C)(C(=O)O)C2)cc1. The first-order chi connectivity index (χ1) is 10.4. The summed E-state index contributed by atoms with van der Waals surface area (Å²) >= 11 is 0. The van der Waals surface area contributed by atoms with Gasteiger partial charge in [-0.2, -0.15) is 0 Å². The van der Waals surface area contributed by atoms with Crippen molar-refractivity contribution in [3.05, 3.63) is 29.8 Å². The summed E-state index contributed by atoms with van der Waals surface area (Å²) in [7, 11) is 1.62. The number of ether oxygens (including phenoxy) is 1. The molecule has 0 aromatic heterocycles. The highest BCUT2D eigenvalue weighted by Crippen LogP contribution is 2.30. The zero-order chi connectivity index (χ0) is 16.2. The Morgan fingerprint density at radius 2 is 2.00 bits per heavy atom. The molecule has 1 aromatic carbocycles. The highest BCUT2D eigenvalue weighted by Gasteiger charge is 2.39. The third-order valence-electron chi connectivity index (χ3n) is 4.35. The molecular formula is C17H23NO4. The number of methoxy groups -OCH3 is 1. The molecular weight excluding hydrogens is 282 g/mol. The number of aliphatic carboxylic acids is 1. The van der Waals surface area contributed by atoms with Crippen LogP contribution in [0.5, 0.6) is 5.75 Å². The average molecular weight is 305 g/mol. The molecule has 1 aliphatic heterocycles. The molecule has 1 amide bonds. The van der Waals surface area contributed by atoms with Crippen molar-refractivity contribution in [1.82, 2.24) is 4.90 Å². The number of piperidine rings is 1. The number of aryl methyl sites for hydroxylation is 1. The van der Waals surface area contributed by atoms with Crippen LogP contribution in [0.1, 0.15) is 31.7 Å². The first-order valence-corrected chi connectivity index (χ1v) is 7.59. The van der Waals surface area contributed by atoms with Gasteiger partial charge in [0.15, 0.2) is 0 Å². The van der Waals surface area contributed by atoms with Crippen LogP contribution in [0, 0.1) is 5.41 Å². The fraction of sp³-hybridized carbons (Fsp3) is 0.529. The number of carboxylic acid groups (broad SMARTS) is 1. The van der Waals surface area contributed by atoms with Crippen LogP contribution in [0.4, 0.5) is 0 Å². The zero-order valence-corrected chi connectivity index (χ0v) is 13.2. The zero-order valence-electron chi connectivity index (χ0n) is 13.2. The Kier molecular flexibility index (Phi) is 5.06. The number of likely N-dealkylation sites (tertiary alicyclic amines) is 1. The molecule has 0 spiro atoms. The Hall–Kier alpha value is -2.04. The van der Waals surface area contributed by atoms with Gasteiger partial charge in [-0.3, -0.25) is 9.59 Å². The van der Waals surface area contributed by atoms with Crippen molar-refractivity contribution in [2.75, 3.05) is 20.2 Å². The Labute approximate surface area is 130 Å². The van der Waals surface area contributed by atoms with E-state index < -0.39 is 11.4 Å². The number of amides is 1. The Balaban J connectivity index is 1.90. The van der Waals surface area contributed by atoms with Gasteiger partial charge in [-0.1, -0.05) is 12.1 Å². The number of hydrogen-bond acceptors (Lipinski definition) is 3. The van der Waals surface area contributed by atoms with Crippen molar-refractivity contribution in [3.8, 4) is 5.75 Å². The Morgan fingerprint density at radius 1 is 1.32 bits per heavy atom. The molecule has 5 nitrogen and oxygen atoms in total. The van der Waals surface area contributed by atoms with Gasteiger partial charge in [-0.05, 0) is 43.9 Å². The van der Waals surface area contributed by atoms with Crippen LogP contribution in [0.25, 0.3) is 0 Å². The molecule has 2 rings (SSSR count). The lowest BCUT2D eigenvalue weighted by Gasteiger charge is -2.37. The highest BCUT2D eigenvalue weighted by atomic mass is 16.5. The van der Waals surface area contributed by atoms with Crippen molar-refractivity contribution in [3.63, 3.8) is 0 Å². The molecule has 1 fully saturated rings. The number of carbonyl (C=O) groups is 2. The van der Waals surface area contributed by atoms with E-state index in [1.807, 2.05) is 24.3 Å². The summed E-state index contributed by atoms with van der Waals surface area (Å²) < 4.78 is 5.10. The molecule has 1 saturated heterocycles. The predicted molar refractivity (Wildman–Crippen MR) is 82.9 cm³/mol. The smallest absolute Gasteiger partial charge is 0.311 e. The number of nitrogens with zero attached hydrogens (tertiary/aromatic N) is 1. The van der Waals surface area contributed by atoms with Crippen molar-refractivity contribution in [2.24, 2.45) is 5.41 Å². The lowest BCUT2D eigenvalue weighted by molar-refractivity contribution is -0.153. The predicted octanol–water partition coefficient (Wildman–Crippen LogP) is 2.34. The largest absolute Gasteiger partial charge is 0.497 e. The summed E-state index contributed by atoms with van der Waals surface area (Å²) in [6.45, 7) is 2.69. The van der Waals surface area contributed by atoms with E-state index in [9.17, 15) is 14.7 Å². The van der Waals surface area contributed by atoms with E-state index in [2.05, 4.69) is 0 Å². The maximum Gasteiger partial charge on any atom is 0.311 e. The van der Waals surface area contributed by atoms with Crippen LogP contribution in [0.2, 0.25) is 0 Å². The van der Waals surface area contributed by atoms with Gasteiger partial charge in [-0.25, -0.2) is 0 Å². The van der Waals surface area contributed by atoms with E-state index in [0.29, 0.717) is 32.4 Å². The van der Waals surface area contributed by atoms with Gasteiger partial charge < -0.3 is 14.7 Å². The molecule has 0 radical (unpaired) electrons. The lowest BCUT2D eigenvalue weighted by atomic mass is 9.82. The fourth-order valence-electron chi connectivity index (χ4n) is 2.83. The van der Waals surface area contributed by atoms with Gasteiger partial charge in [-0.15, -0.1) is 0 Å². The summed E-state index contributed by atoms with van der Waals surface area (Å²) in [5, 5.41) is 9.30. The van der Waals surface area contributed by atoms with E-state index >= 15 is 0 Å². The standard InChI is InChI=1S/C17H23NO4/c1-17(16(20)21)10-3-11-18(12-17)15(19)9-6-13-4-7-14(22-2)8-5-13/h4-5,7-8H,3,6,9-12H2,1-2H3,(H,20,21). The molecule has 0 saturated carbocycles. The Bertz CT molecular complexity index is 540. The van der Waals surface area contributed by atoms with Gasteiger partial charge in [0.25, 0.3) is 0 Å². The number of carboxylic acids is 1. The molecule has 22 heavy (non-hydrogen) atoms. The average Bonchev–Trinajstić information content (AvgIpc) is 2.53. The highest BCUT2D eigenvalue weighted by molar-refractivity contribution is 5.79. The van der Waals surface area contributed by atoms with E-state index in [4.69, 9.17) is 4.74 Å². The molecule has 5 heteroatoms. The lowest BCUT2D eigenvalue weighted by Crippen LogP contribution is -2.48. The molecule has 1 heterocycles. The first-order valence-electron chi connectivity index (χ1n) is 7.59. The van der Waals surface area contributed by atoms with Gasteiger partial charge >= 0.3 is 5.97 Å². The molecule has 0 bridgehead atoms. The third-order valence-corrected chi connectivity index (χ3v) is 4.35. The van der Waals surface area contributed by atoms with Crippen LogP contribution in [-0.4, -0.2) is 42.1 Å². The van der Waals surface area contributed by atoms with Crippen LogP contribution < -0.4 is 4.74 Å². The number of hydrogen-bond donors (Lipinski definition) is 1. The van der Waals surface area contributed by atoms with Gasteiger partial charge in [0, 0.05) is 19.5 Å². The second kappa shape index (κ2) is 6.81. The molecule has 1 atom stereocenters. The van der Waals surface area contributed by atoms with Crippen LogP contribution in [-0.2, 0) is 16.0 Å². The monoisotopic (exact) mass is 305 g/mol. The van der Waals surface area contributed by atoms with Crippen molar-refractivity contribution in [2.45, 2.75) is 32.6 Å². The number of benzene rings is 1. The van der Waals surface area contributed by atoms with E-state index in [-0.39, 0.29) is 5.91 Å². The first kappa shape index (κ1) is 16.3. The summed E-state index contributed by atoms with van der Waals surface area (Å²) in [6.07, 6.45) is 2.44. The molecule has 1 N–H and O–H groups in total. The fourth-order valence-corrected chi connectivity index (χ4v) is 2.83. The minimum absolute atomic E-state index is 0.0305. The second-order valence-corrected chi connectivity index (χ2v) is 6.13. The van der Waals surface area contributed by atoms with Crippen molar-refractivity contribution >= 4 is 11.9 Å². The van der Waals surface area contributed by atoms with Crippen LogP contribution in [0.3, 0.4) is 0 Å².